The predicted molar refractivity (Wildman–Crippen MR) is 98.8 cm³/mol. The lowest BCUT2D eigenvalue weighted by atomic mass is 10.1. The van der Waals surface area contributed by atoms with Gasteiger partial charge in [-0.3, -0.25) is 4.79 Å². The minimum Gasteiger partial charge on any atom is -0.493 e. The SMILES string of the molecule is COc1cc(C=CC(=O)OCC(=O)c2cc(C)n(C)c2C)ccc1OC(F)F. The van der Waals surface area contributed by atoms with Gasteiger partial charge in [0.2, 0.25) is 5.78 Å². The molecule has 6 nitrogen and oxygen atoms in total. The summed E-state index contributed by atoms with van der Waals surface area (Å²) in [5, 5.41) is 0. The fraction of sp³-hybridized carbons (Fsp3) is 0.300. The smallest absolute Gasteiger partial charge is 0.387 e. The molecule has 0 aliphatic carbocycles. The molecule has 28 heavy (non-hydrogen) atoms. The van der Waals surface area contributed by atoms with Crippen molar-refractivity contribution in [2.45, 2.75) is 20.5 Å². The molecule has 1 heterocycles. The number of ketones is 1. The molecule has 0 amide bonds. The zero-order valence-electron chi connectivity index (χ0n) is 16.0. The molecule has 2 rings (SSSR count). The standard InChI is InChI=1S/C20H21F2NO5/c1-12-9-15(13(2)23(12)3)16(24)11-27-19(25)8-6-14-5-7-17(28-20(21)22)18(10-14)26-4/h5-10,20H,11H2,1-4H3. The first-order valence-electron chi connectivity index (χ1n) is 8.36. The van der Waals surface area contributed by atoms with Crippen LogP contribution in [0.4, 0.5) is 8.78 Å². The normalized spacial score (nSPS) is 11.1. The van der Waals surface area contributed by atoms with E-state index in [1.807, 2.05) is 25.5 Å². The molecule has 1 aromatic carbocycles. The molecule has 0 aliphatic heterocycles. The molecular weight excluding hydrogens is 372 g/mol. The topological polar surface area (TPSA) is 66.8 Å². The number of methoxy groups -OCH3 is 1. The van der Waals surface area contributed by atoms with Crippen molar-refractivity contribution in [2.75, 3.05) is 13.7 Å². The highest BCUT2D eigenvalue weighted by Crippen LogP contribution is 2.29. The number of hydrogen-bond acceptors (Lipinski definition) is 5. The molecule has 0 saturated heterocycles. The summed E-state index contributed by atoms with van der Waals surface area (Å²) in [5.41, 5.74) is 2.75. The number of hydrogen-bond donors (Lipinski definition) is 0. The van der Waals surface area contributed by atoms with Gasteiger partial charge in [-0.1, -0.05) is 6.07 Å². The Morgan fingerprint density at radius 1 is 1.18 bits per heavy atom. The minimum absolute atomic E-state index is 0.0981. The van der Waals surface area contributed by atoms with E-state index in [9.17, 15) is 18.4 Å². The largest absolute Gasteiger partial charge is 0.493 e. The van der Waals surface area contributed by atoms with Crippen LogP contribution in [0.1, 0.15) is 27.3 Å². The predicted octanol–water partition coefficient (Wildman–Crippen LogP) is 3.69. The van der Waals surface area contributed by atoms with Crippen LogP contribution in [0.3, 0.4) is 0 Å². The molecule has 0 N–H and O–H groups in total. The number of alkyl halides is 2. The molecule has 0 fully saturated rings. The van der Waals surface area contributed by atoms with E-state index in [1.54, 1.807) is 6.07 Å². The van der Waals surface area contributed by atoms with Crippen LogP contribution in [0.5, 0.6) is 11.5 Å². The van der Waals surface area contributed by atoms with E-state index in [1.165, 1.54) is 31.4 Å². The van der Waals surface area contributed by atoms with E-state index >= 15 is 0 Å². The third-order valence-corrected chi connectivity index (χ3v) is 4.24. The van der Waals surface area contributed by atoms with Gasteiger partial charge in [-0.15, -0.1) is 0 Å². The summed E-state index contributed by atoms with van der Waals surface area (Å²) in [6.07, 6.45) is 2.55. The quantitative estimate of drug-likeness (QED) is 0.389. The Morgan fingerprint density at radius 2 is 1.89 bits per heavy atom. The molecular formula is C20H21F2NO5. The van der Waals surface area contributed by atoms with Crippen LogP contribution in [0.25, 0.3) is 6.08 Å². The van der Waals surface area contributed by atoms with Crippen molar-refractivity contribution in [3.63, 3.8) is 0 Å². The molecule has 0 unspecified atom stereocenters. The molecule has 0 atom stereocenters. The number of nitrogens with zero attached hydrogens (tertiary/aromatic N) is 1. The number of Topliss-reactive ketones (excluding diaryl/α,β-unsaturated/α-hetero) is 1. The number of aromatic nitrogens is 1. The van der Waals surface area contributed by atoms with E-state index in [2.05, 4.69) is 4.74 Å². The summed E-state index contributed by atoms with van der Waals surface area (Å²) in [4.78, 5) is 24.1. The van der Waals surface area contributed by atoms with Crippen LogP contribution in [-0.2, 0) is 16.6 Å². The minimum atomic E-state index is -2.97. The van der Waals surface area contributed by atoms with Crippen molar-refractivity contribution in [1.82, 2.24) is 4.57 Å². The summed E-state index contributed by atoms with van der Waals surface area (Å²) in [6, 6.07) is 5.96. The van der Waals surface area contributed by atoms with Crippen LogP contribution in [0.15, 0.2) is 30.3 Å². The van der Waals surface area contributed by atoms with Gasteiger partial charge in [0, 0.05) is 30.1 Å². The fourth-order valence-electron chi connectivity index (χ4n) is 2.55. The number of halogens is 2. The van der Waals surface area contributed by atoms with E-state index < -0.39 is 12.6 Å². The highest BCUT2D eigenvalue weighted by atomic mass is 19.3. The number of ether oxygens (including phenoxy) is 3. The first-order chi connectivity index (χ1) is 13.2. The third kappa shape index (κ3) is 5.18. The Morgan fingerprint density at radius 3 is 2.46 bits per heavy atom. The molecule has 0 spiro atoms. The fourth-order valence-corrected chi connectivity index (χ4v) is 2.55. The highest BCUT2D eigenvalue weighted by Gasteiger charge is 2.15. The lowest BCUT2D eigenvalue weighted by molar-refractivity contribution is -0.136. The average molecular weight is 393 g/mol. The van der Waals surface area contributed by atoms with Crippen LogP contribution in [-0.4, -0.2) is 36.6 Å². The van der Waals surface area contributed by atoms with Gasteiger partial charge in [0.15, 0.2) is 18.1 Å². The maximum Gasteiger partial charge on any atom is 0.387 e. The van der Waals surface area contributed by atoms with E-state index in [0.717, 1.165) is 17.5 Å². The van der Waals surface area contributed by atoms with Crippen LogP contribution in [0, 0.1) is 13.8 Å². The second-order valence-electron chi connectivity index (χ2n) is 6.00. The highest BCUT2D eigenvalue weighted by molar-refractivity contribution is 6.00. The van der Waals surface area contributed by atoms with Crippen molar-refractivity contribution in [2.24, 2.45) is 7.05 Å². The molecule has 0 saturated carbocycles. The number of carbonyl (C=O) groups is 2. The van der Waals surface area contributed by atoms with Gasteiger partial charge < -0.3 is 18.8 Å². The number of rotatable bonds is 8. The molecule has 150 valence electrons. The van der Waals surface area contributed by atoms with Gasteiger partial charge in [-0.05, 0) is 43.7 Å². The summed E-state index contributed by atoms with van der Waals surface area (Å²) in [7, 11) is 3.16. The molecule has 8 heteroatoms. The number of carbonyl (C=O) groups excluding carboxylic acids is 2. The molecule has 0 radical (unpaired) electrons. The maximum absolute atomic E-state index is 12.3. The van der Waals surface area contributed by atoms with Crippen molar-refractivity contribution >= 4 is 17.8 Å². The van der Waals surface area contributed by atoms with Crippen molar-refractivity contribution in [3.8, 4) is 11.5 Å². The lowest BCUT2D eigenvalue weighted by Gasteiger charge is -2.10. The van der Waals surface area contributed by atoms with E-state index in [0.29, 0.717) is 11.1 Å². The summed E-state index contributed by atoms with van der Waals surface area (Å²) < 4.78 is 40.8. The summed E-state index contributed by atoms with van der Waals surface area (Å²) in [6.45, 7) is 0.346. The Kier molecular flexibility index (Phi) is 6.92. The van der Waals surface area contributed by atoms with Gasteiger partial charge in [0.05, 0.1) is 7.11 Å². The Bertz CT molecular complexity index is 902. The molecule has 0 bridgehead atoms. The Balaban J connectivity index is 1.98. The molecule has 2 aromatic rings. The number of benzene rings is 1. The van der Waals surface area contributed by atoms with Crippen LogP contribution in [0.2, 0.25) is 0 Å². The second-order valence-corrected chi connectivity index (χ2v) is 6.00. The van der Waals surface area contributed by atoms with Crippen molar-refractivity contribution in [1.29, 1.82) is 0 Å². The summed E-state index contributed by atoms with van der Waals surface area (Å²) >= 11 is 0. The van der Waals surface area contributed by atoms with Gasteiger partial charge >= 0.3 is 12.6 Å². The number of esters is 1. The van der Waals surface area contributed by atoms with Crippen molar-refractivity contribution in [3.05, 3.63) is 52.9 Å². The first kappa shape index (κ1) is 21.1. The average Bonchev–Trinajstić information content (AvgIpc) is 2.92. The molecule has 0 aliphatic rings. The van der Waals surface area contributed by atoms with Crippen LogP contribution >= 0.6 is 0 Å². The van der Waals surface area contributed by atoms with E-state index in [4.69, 9.17) is 9.47 Å². The zero-order valence-corrected chi connectivity index (χ0v) is 16.0. The molecule has 1 aromatic heterocycles. The zero-order chi connectivity index (χ0) is 20.8. The third-order valence-electron chi connectivity index (χ3n) is 4.24. The summed E-state index contributed by atoms with van der Waals surface area (Å²) in [5.74, 6) is -1.01. The number of aryl methyl sites for hydroxylation is 1. The first-order valence-corrected chi connectivity index (χ1v) is 8.36. The van der Waals surface area contributed by atoms with Gasteiger partial charge in [-0.2, -0.15) is 8.78 Å². The van der Waals surface area contributed by atoms with Gasteiger partial charge in [0.1, 0.15) is 0 Å². The second kappa shape index (κ2) is 9.16. The van der Waals surface area contributed by atoms with Gasteiger partial charge in [0.25, 0.3) is 0 Å². The lowest BCUT2D eigenvalue weighted by Crippen LogP contribution is -2.13. The maximum atomic E-state index is 12.3. The monoisotopic (exact) mass is 393 g/mol. The van der Waals surface area contributed by atoms with E-state index in [-0.39, 0.29) is 23.9 Å². The Hall–Kier alpha value is -3.16. The van der Waals surface area contributed by atoms with Gasteiger partial charge in [-0.25, -0.2) is 4.79 Å². The van der Waals surface area contributed by atoms with Crippen LogP contribution < -0.4 is 9.47 Å². The Labute approximate surface area is 161 Å². The van der Waals surface area contributed by atoms with Crippen molar-refractivity contribution < 1.29 is 32.6 Å².